The van der Waals surface area contributed by atoms with Crippen LogP contribution in [0, 0.1) is 10.1 Å². The summed E-state index contributed by atoms with van der Waals surface area (Å²) in [6.07, 6.45) is 0. The first kappa shape index (κ1) is 30.5. The highest BCUT2D eigenvalue weighted by molar-refractivity contribution is 7.93. The molecule has 2 amide bonds. The fraction of sp³-hybridized carbons (Fsp3) is 0.133. The molecule has 0 saturated heterocycles. The molecule has 0 unspecified atom stereocenters. The van der Waals surface area contributed by atoms with Crippen LogP contribution in [0.2, 0.25) is 0 Å². The van der Waals surface area contributed by atoms with E-state index in [4.69, 9.17) is 9.47 Å². The number of nitrogens with one attached hydrogen (secondary N) is 2. The molecule has 4 aromatic rings. The predicted molar refractivity (Wildman–Crippen MR) is 160 cm³/mol. The maximum absolute atomic E-state index is 14.0. The lowest BCUT2D eigenvalue weighted by Crippen LogP contribution is -2.39. The molecule has 0 aliphatic heterocycles. The van der Waals surface area contributed by atoms with E-state index in [2.05, 4.69) is 10.6 Å². The average Bonchev–Trinajstić information content (AvgIpc) is 3.02. The summed E-state index contributed by atoms with van der Waals surface area (Å²) >= 11 is 0. The van der Waals surface area contributed by atoms with Crippen molar-refractivity contribution >= 4 is 38.9 Å². The van der Waals surface area contributed by atoms with Crippen LogP contribution in [-0.4, -0.2) is 45.9 Å². The van der Waals surface area contributed by atoms with Crippen molar-refractivity contribution in [1.82, 2.24) is 5.32 Å². The molecular weight excluding hydrogens is 576 g/mol. The van der Waals surface area contributed by atoms with Gasteiger partial charge in [0, 0.05) is 18.7 Å². The smallest absolute Gasteiger partial charge is 0.289 e. The maximum Gasteiger partial charge on any atom is 0.289 e. The predicted octanol–water partition coefficient (Wildman–Crippen LogP) is 4.38. The number of nitro benzene ring substituents is 1. The fourth-order valence-electron chi connectivity index (χ4n) is 4.22. The molecule has 0 saturated carbocycles. The molecule has 0 radical (unpaired) electrons. The second kappa shape index (κ2) is 13.5. The highest BCUT2D eigenvalue weighted by atomic mass is 32.2. The van der Waals surface area contributed by atoms with E-state index in [0.29, 0.717) is 10.1 Å². The molecule has 0 aliphatic rings. The minimum absolute atomic E-state index is 0.0370. The monoisotopic (exact) mass is 604 g/mol. The van der Waals surface area contributed by atoms with E-state index in [0.717, 1.165) is 17.7 Å². The third kappa shape index (κ3) is 7.08. The minimum Gasteiger partial charge on any atom is -0.497 e. The van der Waals surface area contributed by atoms with Crippen LogP contribution in [0.25, 0.3) is 0 Å². The van der Waals surface area contributed by atoms with Crippen LogP contribution in [0.1, 0.15) is 15.9 Å². The van der Waals surface area contributed by atoms with Crippen LogP contribution < -0.4 is 24.4 Å². The number of nitrogens with zero attached hydrogens (tertiary/aromatic N) is 2. The normalized spacial score (nSPS) is 10.8. The Bertz CT molecular complexity index is 1750. The molecule has 4 aromatic carbocycles. The van der Waals surface area contributed by atoms with E-state index in [-0.39, 0.29) is 29.2 Å². The largest absolute Gasteiger partial charge is 0.497 e. The lowest BCUT2D eigenvalue weighted by atomic mass is 10.1. The molecule has 0 heterocycles. The molecule has 13 heteroatoms. The first-order valence-electron chi connectivity index (χ1n) is 12.8. The van der Waals surface area contributed by atoms with Gasteiger partial charge in [-0.05, 0) is 35.9 Å². The molecule has 4 rings (SSSR count). The third-order valence-electron chi connectivity index (χ3n) is 6.31. The van der Waals surface area contributed by atoms with Gasteiger partial charge in [0.05, 0.1) is 36.1 Å². The molecule has 2 N–H and O–H groups in total. The Morgan fingerprint density at radius 1 is 0.884 bits per heavy atom. The minimum atomic E-state index is -4.70. The Kier molecular flexibility index (Phi) is 9.58. The van der Waals surface area contributed by atoms with Gasteiger partial charge in [0.25, 0.3) is 21.6 Å². The van der Waals surface area contributed by atoms with Crippen LogP contribution in [0.4, 0.5) is 17.1 Å². The SMILES string of the molecule is COc1ccc(N(CC(=O)Nc2ccccc2C(=O)NCc2ccccc2)S(=O)(=O)c2ccccc2[N+](=O)[O-])c(OC)c1. The maximum atomic E-state index is 14.0. The van der Waals surface area contributed by atoms with Crippen molar-refractivity contribution in [3.63, 3.8) is 0 Å². The molecular formula is C30H28N4O8S. The number of anilines is 2. The summed E-state index contributed by atoms with van der Waals surface area (Å²) in [6, 6.07) is 24.6. The molecule has 222 valence electrons. The molecule has 0 atom stereocenters. The molecule has 12 nitrogen and oxygen atoms in total. The van der Waals surface area contributed by atoms with Gasteiger partial charge in [-0.15, -0.1) is 0 Å². The molecule has 43 heavy (non-hydrogen) atoms. The second-order valence-electron chi connectivity index (χ2n) is 9.04. The molecule has 0 spiro atoms. The van der Waals surface area contributed by atoms with Crippen LogP contribution in [0.5, 0.6) is 11.5 Å². The van der Waals surface area contributed by atoms with Crippen molar-refractivity contribution in [2.75, 3.05) is 30.4 Å². The standard InChI is InChI=1S/C30H28N4O8S/c1-41-22-16-17-25(27(18-22)42-2)33(43(39,40)28-15-9-8-14-26(28)34(37)38)20-29(35)32-24-13-7-6-12-23(24)30(36)31-19-21-10-4-3-5-11-21/h3-18H,19-20H2,1-2H3,(H,31,36)(H,32,35). The van der Waals surface area contributed by atoms with Crippen molar-refractivity contribution in [1.29, 1.82) is 0 Å². The summed E-state index contributed by atoms with van der Waals surface area (Å²) < 4.78 is 39.2. The van der Waals surface area contributed by atoms with Crippen LogP contribution in [0.15, 0.2) is 102 Å². The molecule has 0 bridgehead atoms. The molecule has 0 aromatic heterocycles. The summed E-state index contributed by atoms with van der Waals surface area (Å²) in [5.74, 6) is -0.886. The number of hydrogen-bond acceptors (Lipinski definition) is 8. The zero-order chi connectivity index (χ0) is 31.0. The first-order valence-corrected chi connectivity index (χ1v) is 14.3. The molecule has 0 fully saturated rings. The van der Waals surface area contributed by atoms with E-state index < -0.39 is 43.9 Å². The number of methoxy groups -OCH3 is 2. The zero-order valence-corrected chi connectivity index (χ0v) is 24.0. The number of para-hydroxylation sites is 2. The van der Waals surface area contributed by atoms with Gasteiger partial charge in [-0.25, -0.2) is 8.42 Å². The van der Waals surface area contributed by atoms with Crippen LogP contribution in [-0.2, 0) is 21.4 Å². The van der Waals surface area contributed by atoms with E-state index in [1.165, 1.54) is 56.7 Å². The van der Waals surface area contributed by atoms with Crippen molar-refractivity contribution in [3.8, 4) is 11.5 Å². The van der Waals surface area contributed by atoms with Crippen molar-refractivity contribution in [2.45, 2.75) is 11.4 Å². The van der Waals surface area contributed by atoms with Gasteiger partial charge >= 0.3 is 0 Å². The average molecular weight is 605 g/mol. The molecule has 0 aliphatic carbocycles. The number of benzene rings is 4. The van der Waals surface area contributed by atoms with Gasteiger partial charge in [-0.3, -0.25) is 24.0 Å². The summed E-state index contributed by atoms with van der Waals surface area (Å²) in [5, 5.41) is 17.1. The lowest BCUT2D eigenvalue weighted by Gasteiger charge is -2.26. The van der Waals surface area contributed by atoms with Gasteiger partial charge < -0.3 is 20.1 Å². The van der Waals surface area contributed by atoms with Gasteiger partial charge in [0.15, 0.2) is 4.90 Å². The van der Waals surface area contributed by atoms with E-state index in [1.54, 1.807) is 12.1 Å². The summed E-state index contributed by atoms with van der Waals surface area (Å²) in [4.78, 5) is 36.7. The lowest BCUT2D eigenvalue weighted by molar-refractivity contribution is -0.387. The van der Waals surface area contributed by atoms with Crippen molar-refractivity contribution < 1.29 is 32.4 Å². The Hall–Kier alpha value is -5.43. The number of hydrogen-bond donors (Lipinski definition) is 2. The Morgan fingerprint density at radius 2 is 1.56 bits per heavy atom. The second-order valence-corrected chi connectivity index (χ2v) is 10.9. The topological polar surface area (TPSA) is 157 Å². The van der Waals surface area contributed by atoms with E-state index >= 15 is 0 Å². The highest BCUT2D eigenvalue weighted by Gasteiger charge is 2.35. The Balaban J connectivity index is 1.68. The van der Waals surface area contributed by atoms with Gasteiger partial charge in [-0.2, -0.15) is 0 Å². The Morgan fingerprint density at radius 3 is 2.26 bits per heavy atom. The summed E-state index contributed by atoms with van der Waals surface area (Å²) in [6.45, 7) is -0.557. The van der Waals surface area contributed by atoms with E-state index in [1.807, 2.05) is 30.3 Å². The first-order chi connectivity index (χ1) is 20.6. The number of ether oxygens (including phenoxy) is 2. The van der Waals surface area contributed by atoms with Gasteiger partial charge in [-0.1, -0.05) is 54.6 Å². The number of sulfonamides is 1. The third-order valence-corrected chi connectivity index (χ3v) is 8.12. The van der Waals surface area contributed by atoms with Gasteiger partial charge in [0.2, 0.25) is 5.91 Å². The summed E-state index contributed by atoms with van der Waals surface area (Å²) in [7, 11) is -1.99. The number of rotatable bonds is 12. The number of nitro groups is 1. The highest BCUT2D eigenvalue weighted by Crippen LogP contribution is 2.37. The Labute approximate surface area is 248 Å². The summed E-state index contributed by atoms with van der Waals surface area (Å²) in [5.41, 5.74) is 0.442. The van der Waals surface area contributed by atoms with Crippen molar-refractivity contribution in [3.05, 3.63) is 118 Å². The number of carbonyl (C=O) groups excluding carboxylic acids is 2. The van der Waals surface area contributed by atoms with Gasteiger partial charge in [0.1, 0.15) is 18.0 Å². The van der Waals surface area contributed by atoms with E-state index in [9.17, 15) is 28.1 Å². The van der Waals surface area contributed by atoms with Crippen molar-refractivity contribution in [2.24, 2.45) is 0 Å². The van der Waals surface area contributed by atoms with Crippen LogP contribution in [0.3, 0.4) is 0 Å². The number of carbonyl (C=O) groups is 2. The van der Waals surface area contributed by atoms with Crippen LogP contribution >= 0.6 is 0 Å². The fourth-order valence-corrected chi connectivity index (χ4v) is 5.81. The quantitative estimate of drug-likeness (QED) is 0.178. The number of amides is 2. The zero-order valence-electron chi connectivity index (χ0n) is 23.2.